The topological polar surface area (TPSA) is 12.0 Å². The van der Waals surface area contributed by atoms with E-state index in [2.05, 4.69) is 32.3 Å². The van der Waals surface area contributed by atoms with Crippen molar-refractivity contribution in [3.8, 4) is 0 Å². The van der Waals surface area contributed by atoms with E-state index in [4.69, 9.17) is 0 Å². The molecule has 0 atom stereocenters. The molecule has 0 amide bonds. The van der Waals surface area contributed by atoms with Gasteiger partial charge in [-0.1, -0.05) is 55.4 Å². The van der Waals surface area contributed by atoms with Crippen molar-refractivity contribution in [2.24, 2.45) is 0 Å². The molecule has 0 unspecified atom stereocenters. The minimum atomic E-state index is 0.500. The van der Waals surface area contributed by atoms with Crippen molar-refractivity contribution >= 4 is 0 Å². The van der Waals surface area contributed by atoms with E-state index in [0.717, 1.165) is 0 Å². The summed E-state index contributed by atoms with van der Waals surface area (Å²) in [5, 5.41) is 3.03. The third-order valence-corrected chi connectivity index (χ3v) is 0.577. The van der Waals surface area contributed by atoms with E-state index >= 15 is 0 Å². The average molecular weight is 225 g/mol. The molecule has 0 aliphatic carbocycles. The summed E-state index contributed by atoms with van der Waals surface area (Å²) >= 11 is 0. The van der Waals surface area contributed by atoms with Gasteiger partial charge in [0.25, 0.3) is 0 Å². The second-order valence-electron chi connectivity index (χ2n) is 1.44. The molecule has 0 saturated carbocycles. The van der Waals surface area contributed by atoms with E-state index in [0.29, 0.717) is 13.2 Å². The fraction of sp³-hybridized carbons (Fsp3) is 0.846. The maximum Gasteiger partial charge on any atom is 0.0785 e. The van der Waals surface area contributed by atoms with Crippen molar-refractivity contribution in [1.29, 1.82) is 0 Å². The Hall–Kier alpha value is -0.370. The van der Waals surface area contributed by atoms with Gasteiger partial charge >= 0.3 is 0 Å². The molecule has 0 aromatic carbocycles. The molecule has 15 heavy (non-hydrogen) atoms. The van der Waals surface area contributed by atoms with Crippen molar-refractivity contribution in [3.05, 3.63) is 13.2 Å². The summed E-state index contributed by atoms with van der Waals surface area (Å²) < 4.78 is 9.50. The van der Waals surface area contributed by atoms with Crippen LogP contribution < -0.4 is 5.32 Å². The predicted molar refractivity (Wildman–Crippen MR) is 76.5 cm³/mol. The lowest BCUT2D eigenvalue weighted by Gasteiger charge is -1.95. The molecule has 0 aromatic rings. The van der Waals surface area contributed by atoms with Crippen LogP contribution in [-0.2, 0) is 0 Å². The lowest BCUT2D eigenvalue weighted by molar-refractivity contribution is 0.636. The Morgan fingerprint density at radius 2 is 0.867 bits per heavy atom. The van der Waals surface area contributed by atoms with E-state index in [-0.39, 0.29) is 0 Å². The molecule has 0 rings (SSSR count). The number of hydrogen-bond acceptors (Lipinski definition) is 1. The summed E-state index contributed by atoms with van der Waals surface area (Å²) in [7, 11) is 2.45. The Labute approximate surface area is 99.2 Å². The number of rotatable bonds is 1. The molecule has 1 N–H and O–H groups in total. The Kier molecular flexibility index (Phi) is 401. The SMILES string of the molecule is C=C.CC.CC.CC.CF.CNC(C)C. The van der Waals surface area contributed by atoms with Crippen LogP contribution in [0.2, 0.25) is 0 Å². The highest BCUT2D eigenvalue weighted by Gasteiger charge is 1.76. The van der Waals surface area contributed by atoms with Crippen molar-refractivity contribution in [3.63, 3.8) is 0 Å². The largest absolute Gasteiger partial charge is 0.318 e. The molecule has 0 heterocycles. The van der Waals surface area contributed by atoms with Crippen LogP contribution in [0.1, 0.15) is 55.4 Å². The zero-order chi connectivity index (χ0) is 14.3. The van der Waals surface area contributed by atoms with Gasteiger partial charge in [0.15, 0.2) is 0 Å². The minimum Gasteiger partial charge on any atom is -0.318 e. The van der Waals surface area contributed by atoms with Gasteiger partial charge in [0.2, 0.25) is 0 Å². The molecule has 1 nitrogen and oxygen atoms in total. The third-order valence-electron chi connectivity index (χ3n) is 0.577. The number of halogens is 1. The fourth-order valence-corrected chi connectivity index (χ4v) is 0. The van der Waals surface area contributed by atoms with E-state index in [1.807, 2.05) is 48.6 Å². The van der Waals surface area contributed by atoms with Gasteiger partial charge < -0.3 is 5.32 Å². The Morgan fingerprint density at radius 1 is 0.800 bits per heavy atom. The molecule has 0 fully saturated rings. The molecule has 0 bridgehead atoms. The zero-order valence-electron chi connectivity index (χ0n) is 12.9. The van der Waals surface area contributed by atoms with Crippen LogP contribution in [0.4, 0.5) is 4.39 Å². The third kappa shape index (κ3) is 694. The minimum absolute atomic E-state index is 0.500. The average Bonchev–Trinajstić information content (AvgIpc) is 2.41. The molecule has 0 aliphatic rings. The van der Waals surface area contributed by atoms with Crippen LogP contribution in [0.3, 0.4) is 0 Å². The first-order chi connectivity index (χ1) is 7.27. The summed E-state index contributed by atoms with van der Waals surface area (Å²) in [4.78, 5) is 0. The van der Waals surface area contributed by atoms with Gasteiger partial charge in [-0.15, -0.1) is 13.2 Å². The normalized spacial score (nSPS) is 5.07. The lowest BCUT2D eigenvalue weighted by Crippen LogP contribution is -2.15. The zero-order valence-corrected chi connectivity index (χ0v) is 12.9. The Bertz CT molecular complexity index is 31.7. The molecular weight excluding hydrogens is 189 g/mol. The molecule has 0 aromatic heterocycles. The molecule has 2 heteroatoms. The summed E-state index contributed by atoms with van der Waals surface area (Å²) in [6.07, 6.45) is 0. The highest BCUT2D eigenvalue weighted by Crippen LogP contribution is 1.66. The summed E-state index contributed by atoms with van der Waals surface area (Å²) in [6, 6.07) is 0.634. The van der Waals surface area contributed by atoms with Crippen molar-refractivity contribution in [2.45, 2.75) is 61.4 Å². The van der Waals surface area contributed by atoms with Crippen LogP contribution in [-0.4, -0.2) is 20.3 Å². The molecular formula is C13H36FN. The molecule has 100 valence electrons. The van der Waals surface area contributed by atoms with Crippen molar-refractivity contribution < 1.29 is 4.39 Å². The van der Waals surface area contributed by atoms with Crippen LogP contribution in [0.25, 0.3) is 0 Å². The number of hydrogen-bond donors (Lipinski definition) is 1. The summed E-state index contributed by atoms with van der Waals surface area (Å²) in [5.74, 6) is 0. The molecule has 0 aliphatic heterocycles. The lowest BCUT2D eigenvalue weighted by atomic mass is 10.4. The molecule has 0 saturated heterocycles. The predicted octanol–water partition coefficient (Wildman–Crippen LogP) is 5.08. The first-order valence-corrected chi connectivity index (χ1v) is 5.82. The van der Waals surface area contributed by atoms with Gasteiger partial charge in [-0.3, -0.25) is 4.39 Å². The maximum atomic E-state index is 9.50. The van der Waals surface area contributed by atoms with Crippen LogP contribution in [0.15, 0.2) is 13.2 Å². The highest BCUT2D eigenvalue weighted by atomic mass is 19.1. The first-order valence-electron chi connectivity index (χ1n) is 5.82. The number of nitrogens with one attached hydrogen (secondary N) is 1. The van der Waals surface area contributed by atoms with Gasteiger partial charge in [0.05, 0.1) is 7.18 Å². The second-order valence-corrected chi connectivity index (χ2v) is 1.44. The fourth-order valence-electron chi connectivity index (χ4n) is 0. The van der Waals surface area contributed by atoms with Gasteiger partial charge in [0.1, 0.15) is 0 Å². The van der Waals surface area contributed by atoms with Crippen LogP contribution >= 0.6 is 0 Å². The van der Waals surface area contributed by atoms with E-state index in [1.54, 1.807) is 0 Å². The highest BCUT2D eigenvalue weighted by molar-refractivity contribution is 4.40. The first kappa shape index (κ1) is 36.5. The van der Waals surface area contributed by atoms with Crippen molar-refractivity contribution in [1.82, 2.24) is 5.32 Å². The molecule has 0 spiro atoms. The van der Waals surface area contributed by atoms with Gasteiger partial charge in [-0.2, -0.15) is 0 Å². The monoisotopic (exact) mass is 225 g/mol. The summed E-state index contributed by atoms with van der Waals surface area (Å²) in [5.41, 5.74) is 0. The standard InChI is InChI=1S/C4H11N.3C2H6.C2H4.CH3F/c1-4(2)5-3;5*1-2/h4-5H,1-3H3;3*1-2H3;1-2H2;1H3. The smallest absolute Gasteiger partial charge is 0.0785 e. The van der Waals surface area contributed by atoms with Crippen molar-refractivity contribution in [2.75, 3.05) is 14.2 Å². The summed E-state index contributed by atoms with van der Waals surface area (Å²) in [6.45, 7) is 22.2. The van der Waals surface area contributed by atoms with E-state index in [1.165, 1.54) is 0 Å². The maximum absolute atomic E-state index is 9.50. The Balaban J connectivity index is -0.0000000177. The van der Waals surface area contributed by atoms with Crippen LogP contribution in [0, 0.1) is 0 Å². The van der Waals surface area contributed by atoms with Gasteiger partial charge in [0, 0.05) is 6.04 Å². The quantitative estimate of drug-likeness (QED) is 0.614. The second kappa shape index (κ2) is 165. The molecule has 0 radical (unpaired) electrons. The van der Waals surface area contributed by atoms with E-state index in [9.17, 15) is 4.39 Å². The number of alkyl halides is 1. The van der Waals surface area contributed by atoms with Gasteiger partial charge in [-0.25, -0.2) is 0 Å². The van der Waals surface area contributed by atoms with Gasteiger partial charge in [-0.05, 0) is 7.05 Å². The van der Waals surface area contributed by atoms with E-state index < -0.39 is 0 Å². The Morgan fingerprint density at radius 3 is 0.867 bits per heavy atom. The van der Waals surface area contributed by atoms with Crippen LogP contribution in [0.5, 0.6) is 0 Å².